The maximum Gasteiger partial charge on any atom is 0.254 e. The lowest BCUT2D eigenvalue weighted by Gasteiger charge is -2.34. The monoisotopic (exact) mass is 405 g/mol. The molecule has 0 aliphatic carbocycles. The van der Waals surface area contributed by atoms with Crippen molar-refractivity contribution in [2.75, 3.05) is 33.3 Å². The highest BCUT2D eigenvalue weighted by atomic mass is 16.5. The quantitative estimate of drug-likeness (QED) is 0.644. The topological polar surface area (TPSA) is 58.8 Å². The number of nitrogens with zero attached hydrogens (tertiary/aromatic N) is 3. The van der Waals surface area contributed by atoms with Gasteiger partial charge in [-0.15, -0.1) is 0 Å². The van der Waals surface area contributed by atoms with Gasteiger partial charge in [0.2, 0.25) is 5.89 Å². The predicted molar refractivity (Wildman–Crippen MR) is 116 cm³/mol. The van der Waals surface area contributed by atoms with Crippen LogP contribution in [-0.4, -0.2) is 54.0 Å². The van der Waals surface area contributed by atoms with Crippen molar-refractivity contribution in [1.82, 2.24) is 14.8 Å². The highest BCUT2D eigenvalue weighted by Crippen LogP contribution is 2.23. The van der Waals surface area contributed by atoms with Crippen LogP contribution in [0.5, 0.6) is 5.75 Å². The third kappa shape index (κ3) is 4.39. The largest absolute Gasteiger partial charge is 0.497 e. The molecule has 1 aliphatic heterocycles. The average molecular weight is 405 g/mol. The molecule has 30 heavy (non-hydrogen) atoms. The third-order valence-corrected chi connectivity index (χ3v) is 5.54. The SMILES string of the molecule is COc1cccc(C(=O)N2CCN(Cc3nc(-c4ccc(C)cc4)oc3C)CC2)c1. The number of ether oxygens (including phenoxy) is 1. The second-order valence-electron chi connectivity index (χ2n) is 7.69. The molecule has 3 aromatic rings. The summed E-state index contributed by atoms with van der Waals surface area (Å²) >= 11 is 0. The van der Waals surface area contributed by atoms with Gasteiger partial charge in [-0.2, -0.15) is 0 Å². The molecule has 156 valence electrons. The second kappa shape index (κ2) is 8.71. The summed E-state index contributed by atoms with van der Waals surface area (Å²) < 4.78 is 11.1. The number of oxazole rings is 1. The van der Waals surface area contributed by atoms with Crippen LogP contribution < -0.4 is 4.74 Å². The summed E-state index contributed by atoms with van der Waals surface area (Å²) in [5, 5.41) is 0. The van der Waals surface area contributed by atoms with E-state index in [0.29, 0.717) is 30.3 Å². The molecule has 0 saturated carbocycles. The fourth-order valence-electron chi connectivity index (χ4n) is 3.65. The van der Waals surface area contributed by atoms with Gasteiger partial charge in [-0.1, -0.05) is 23.8 Å². The molecule has 1 aromatic heterocycles. The van der Waals surface area contributed by atoms with Gasteiger partial charge >= 0.3 is 0 Å². The van der Waals surface area contributed by atoms with Crippen LogP contribution in [0.1, 0.15) is 27.4 Å². The molecule has 6 nitrogen and oxygen atoms in total. The summed E-state index contributed by atoms with van der Waals surface area (Å²) in [7, 11) is 1.61. The van der Waals surface area contributed by atoms with Crippen molar-refractivity contribution in [1.29, 1.82) is 0 Å². The summed E-state index contributed by atoms with van der Waals surface area (Å²) in [5.41, 5.74) is 3.82. The van der Waals surface area contributed by atoms with Crippen molar-refractivity contribution >= 4 is 5.91 Å². The van der Waals surface area contributed by atoms with Crippen molar-refractivity contribution in [3.63, 3.8) is 0 Å². The fourth-order valence-corrected chi connectivity index (χ4v) is 3.65. The Labute approximate surface area is 177 Å². The Morgan fingerprint density at radius 2 is 1.80 bits per heavy atom. The van der Waals surface area contributed by atoms with Crippen LogP contribution in [0.4, 0.5) is 0 Å². The van der Waals surface area contributed by atoms with Gasteiger partial charge in [-0.3, -0.25) is 9.69 Å². The Bertz CT molecular complexity index is 1020. The van der Waals surface area contributed by atoms with Crippen molar-refractivity contribution in [2.45, 2.75) is 20.4 Å². The van der Waals surface area contributed by atoms with E-state index in [0.717, 1.165) is 36.7 Å². The molecule has 6 heteroatoms. The minimum atomic E-state index is 0.0489. The van der Waals surface area contributed by atoms with Gasteiger partial charge in [0.25, 0.3) is 5.91 Å². The zero-order valence-corrected chi connectivity index (χ0v) is 17.7. The van der Waals surface area contributed by atoms with Crippen LogP contribution in [0.2, 0.25) is 0 Å². The highest BCUT2D eigenvalue weighted by Gasteiger charge is 2.24. The Hall–Kier alpha value is -3.12. The molecule has 1 amide bonds. The molecule has 2 heterocycles. The zero-order valence-electron chi connectivity index (χ0n) is 17.7. The standard InChI is InChI=1S/C24H27N3O3/c1-17-7-9-19(10-8-17)23-25-22(18(2)30-23)16-26-11-13-27(14-12-26)24(28)20-5-4-6-21(15-20)29-3/h4-10,15H,11-14,16H2,1-3H3. The van der Waals surface area contributed by atoms with Crippen molar-refractivity contribution in [3.05, 3.63) is 71.1 Å². The Morgan fingerprint density at radius 1 is 1.07 bits per heavy atom. The van der Waals surface area contributed by atoms with Gasteiger partial charge in [0.1, 0.15) is 11.5 Å². The number of aryl methyl sites for hydroxylation is 2. The molecule has 4 rings (SSSR count). The molecule has 1 aliphatic rings. The summed E-state index contributed by atoms with van der Waals surface area (Å²) in [4.78, 5) is 21.7. The predicted octanol–water partition coefficient (Wildman–Crippen LogP) is 3.93. The van der Waals surface area contributed by atoms with Crippen molar-refractivity contribution in [2.24, 2.45) is 0 Å². The second-order valence-corrected chi connectivity index (χ2v) is 7.69. The first-order valence-electron chi connectivity index (χ1n) is 10.2. The number of amides is 1. The number of carbonyl (C=O) groups excluding carboxylic acids is 1. The number of hydrogen-bond acceptors (Lipinski definition) is 5. The molecule has 0 atom stereocenters. The first-order valence-corrected chi connectivity index (χ1v) is 10.2. The number of hydrogen-bond donors (Lipinski definition) is 0. The van der Waals surface area contributed by atoms with Crippen LogP contribution >= 0.6 is 0 Å². The number of benzene rings is 2. The van der Waals surface area contributed by atoms with Crippen LogP contribution in [0, 0.1) is 13.8 Å². The summed E-state index contributed by atoms with van der Waals surface area (Å²) in [6.45, 7) is 7.75. The van der Waals surface area contributed by atoms with Gasteiger partial charge in [0.05, 0.1) is 12.8 Å². The van der Waals surface area contributed by atoms with Gasteiger partial charge in [0, 0.05) is 43.9 Å². The molecule has 2 aromatic carbocycles. The lowest BCUT2D eigenvalue weighted by molar-refractivity contribution is 0.0626. The lowest BCUT2D eigenvalue weighted by atomic mass is 10.1. The number of carbonyl (C=O) groups is 1. The molecule has 0 spiro atoms. The minimum absolute atomic E-state index is 0.0489. The first kappa shape index (κ1) is 20.2. The number of rotatable bonds is 5. The maximum atomic E-state index is 12.8. The minimum Gasteiger partial charge on any atom is -0.497 e. The number of piperazine rings is 1. The summed E-state index contributed by atoms with van der Waals surface area (Å²) in [6, 6.07) is 15.5. The van der Waals surface area contributed by atoms with Crippen LogP contribution in [0.3, 0.4) is 0 Å². The van der Waals surface area contributed by atoms with E-state index in [1.807, 2.05) is 42.2 Å². The lowest BCUT2D eigenvalue weighted by Crippen LogP contribution is -2.48. The van der Waals surface area contributed by atoms with Crippen LogP contribution in [0.25, 0.3) is 11.5 Å². The summed E-state index contributed by atoms with van der Waals surface area (Å²) in [5.74, 6) is 2.26. The van der Waals surface area contributed by atoms with Crippen molar-refractivity contribution < 1.29 is 13.9 Å². The van der Waals surface area contributed by atoms with Gasteiger partial charge in [0.15, 0.2) is 0 Å². The van der Waals surface area contributed by atoms with E-state index in [1.165, 1.54) is 5.56 Å². The molecule has 0 unspecified atom stereocenters. The van der Waals surface area contributed by atoms with Crippen LogP contribution in [0.15, 0.2) is 52.9 Å². The summed E-state index contributed by atoms with van der Waals surface area (Å²) in [6.07, 6.45) is 0. The van der Waals surface area contributed by atoms with Gasteiger partial charge in [-0.25, -0.2) is 4.98 Å². The molecule has 0 radical (unpaired) electrons. The normalized spacial score (nSPS) is 14.7. The van der Waals surface area contributed by atoms with E-state index in [2.05, 4.69) is 24.0 Å². The molecular formula is C24H27N3O3. The molecular weight excluding hydrogens is 378 g/mol. The molecule has 0 N–H and O–H groups in total. The third-order valence-electron chi connectivity index (χ3n) is 5.54. The highest BCUT2D eigenvalue weighted by molar-refractivity contribution is 5.94. The number of aromatic nitrogens is 1. The first-order chi connectivity index (χ1) is 14.5. The van der Waals surface area contributed by atoms with E-state index < -0.39 is 0 Å². The van der Waals surface area contributed by atoms with Crippen LogP contribution in [-0.2, 0) is 6.54 Å². The van der Waals surface area contributed by atoms with E-state index >= 15 is 0 Å². The Balaban J connectivity index is 1.37. The Morgan fingerprint density at radius 3 is 2.50 bits per heavy atom. The molecule has 0 bridgehead atoms. The van der Waals surface area contributed by atoms with E-state index in [-0.39, 0.29) is 5.91 Å². The van der Waals surface area contributed by atoms with E-state index in [9.17, 15) is 4.79 Å². The van der Waals surface area contributed by atoms with E-state index in [1.54, 1.807) is 13.2 Å². The smallest absolute Gasteiger partial charge is 0.254 e. The van der Waals surface area contributed by atoms with Crippen molar-refractivity contribution in [3.8, 4) is 17.2 Å². The average Bonchev–Trinajstić information content (AvgIpc) is 3.14. The Kier molecular flexibility index (Phi) is 5.86. The zero-order chi connectivity index (χ0) is 21.1. The molecule has 1 saturated heterocycles. The maximum absolute atomic E-state index is 12.8. The molecule has 1 fully saturated rings. The fraction of sp³-hybridized carbons (Fsp3) is 0.333. The van der Waals surface area contributed by atoms with Gasteiger partial charge in [-0.05, 0) is 44.2 Å². The number of methoxy groups -OCH3 is 1. The van der Waals surface area contributed by atoms with E-state index in [4.69, 9.17) is 14.1 Å². The van der Waals surface area contributed by atoms with Gasteiger partial charge < -0.3 is 14.1 Å².